The normalized spacial score (nSPS) is 23.3. The summed E-state index contributed by atoms with van der Waals surface area (Å²) in [6, 6.07) is 9.23. The number of urea groups is 1. The van der Waals surface area contributed by atoms with Crippen LogP contribution in [0.5, 0.6) is 0 Å². The zero-order valence-electron chi connectivity index (χ0n) is 14.8. The number of carbonyl (C=O) groups excluding carboxylic acids is 2. The number of pyridine rings is 1. The zero-order chi connectivity index (χ0) is 18.9. The van der Waals surface area contributed by atoms with Crippen LogP contribution < -0.4 is 10.6 Å². The molecule has 27 heavy (non-hydrogen) atoms. The van der Waals surface area contributed by atoms with Crippen molar-refractivity contribution >= 4 is 17.6 Å². The summed E-state index contributed by atoms with van der Waals surface area (Å²) in [5.74, 6) is -0.331. The SMILES string of the molecule is O=C(NCc1ccncc1)[C@H]1C[C@@]12CCN(C(=O)Nc1ccc(F)cc1)C2. The molecule has 1 spiro atoms. The van der Waals surface area contributed by atoms with Crippen LogP contribution in [0.25, 0.3) is 0 Å². The molecule has 2 heterocycles. The molecule has 2 aromatic rings. The van der Waals surface area contributed by atoms with Gasteiger partial charge in [0.25, 0.3) is 0 Å². The molecular weight excluding hydrogens is 347 g/mol. The minimum atomic E-state index is -0.341. The Balaban J connectivity index is 1.28. The Hall–Kier alpha value is -2.96. The van der Waals surface area contributed by atoms with Crippen molar-refractivity contribution in [2.45, 2.75) is 19.4 Å². The molecule has 1 aromatic carbocycles. The molecule has 7 heteroatoms. The van der Waals surface area contributed by atoms with Crippen LogP contribution in [0.4, 0.5) is 14.9 Å². The largest absolute Gasteiger partial charge is 0.352 e. The minimum Gasteiger partial charge on any atom is -0.352 e. The van der Waals surface area contributed by atoms with Gasteiger partial charge in [-0.05, 0) is 54.8 Å². The van der Waals surface area contributed by atoms with Crippen LogP contribution in [-0.4, -0.2) is 34.9 Å². The molecule has 2 atom stereocenters. The van der Waals surface area contributed by atoms with Crippen molar-refractivity contribution in [3.05, 3.63) is 60.2 Å². The van der Waals surface area contributed by atoms with Crippen molar-refractivity contribution < 1.29 is 14.0 Å². The summed E-state index contributed by atoms with van der Waals surface area (Å²) in [5, 5.41) is 5.76. The maximum absolute atomic E-state index is 13.0. The maximum Gasteiger partial charge on any atom is 0.321 e. The molecule has 1 saturated heterocycles. The molecule has 1 aromatic heterocycles. The summed E-state index contributed by atoms with van der Waals surface area (Å²) in [4.78, 5) is 30.6. The Kier molecular flexibility index (Phi) is 4.51. The average molecular weight is 368 g/mol. The first-order chi connectivity index (χ1) is 13.1. The molecular formula is C20H21FN4O2. The van der Waals surface area contributed by atoms with E-state index >= 15 is 0 Å². The summed E-state index contributed by atoms with van der Waals surface area (Å²) >= 11 is 0. The maximum atomic E-state index is 13.0. The van der Waals surface area contributed by atoms with E-state index in [1.165, 1.54) is 24.3 Å². The molecule has 1 saturated carbocycles. The lowest BCUT2D eigenvalue weighted by atomic mass is 10.0. The van der Waals surface area contributed by atoms with Gasteiger partial charge in [0.15, 0.2) is 0 Å². The van der Waals surface area contributed by atoms with Gasteiger partial charge in [-0.15, -0.1) is 0 Å². The highest BCUT2D eigenvalue weighted by molar-refractivity contribution is 5.90. The fourth-order valence-corrected chi connectivity index (χ4v) is 3.79. The van der Waals surface area contributed by atoms with E-state index in [0.717, 1.165) is 18.4 Å². The van der Waals surface area contributed by atoms with Gasteiger partial charge in [-0.2, -0.15) is 0 Å². The third kappa shape index (κ3) is 3.77. The molecule has 0 bridgehead atoms. The minimum absolute atomic E-state index is 0.0389. The quantitative estimate of drug-likeness (QED) is 0.871. The van der Waals surface area contributed by atoms with E-state index in [4.69, 9.17) is 0 Å². The molecule has 3 amide bonds. The topological polar surface area (TPSA) is 74.3 Å². The van der Waals surface area contributed by atoms with Gasteiger partial charge >= 0.3 is 6.03 Å². The van der Waals surface area contributed by atoms with Crippen molar-refractivity contribution in [1.82, 2.24) is 15.2 Å². The van der Waals surface area contributed by atoms with E-state index in [-0.39, 0.29) is 29.1 Å². The van der Waals surface area contributed by atoms with Crippen LogP contribution in [0.3, 0.4) is 0 Å². The van der Waals surface area contributed by atoms with E-state index in [1.807, 2.05) is 12.1 Å². The number of nitrogens with one attached hydrogen (secondary N) is 2. The first-order valence-electron chi connectivity index (χ1n) is 9.04. The number of halogens is 1. The number of rotatable bonds is 4. The molecule has 140 valence electrons. The van der Waals surface area contributed by atoms with Gasteiger partial charge in [-0.3, -0.25) is 9.78 Å². The summed E-state index contributed by atoms with van der Waals surface area (Å²) in [6.07, 6.45) is 5.05. The molecule has 2 N–H and O–H groups in total. The van der Waals surface area contributed by atoms with Crippen LogP contribution in [0.15, 0.2) is 48.8 Å². The number of anilines is 1. The van der Waals surface area contributed by atoms with E-state index < -0.39 is 0 Å². The van der Waals surface area contributed by atoms with Crippen molar-refractivity contribution in [1.29, 1.82) is 0 Å². The number of benzene rings is 1. The summed E-state index contributed by atoms with van der Waals surface area (Å²) in [7, 11) is 0. The first-order valence-corrected chi connectivity index (χ1v) is 9.04. The van der Waals surface area contributed by atoms with Gasteiger partial charge in [-0.25, -0.2) is 9.18 Å². The van der Waals surface area contributed by atoms with Gasteiger partial charge in [0.1, 0.15) is 5.82 Å². The van der Waals surface area contributed by atoms with E-state index in [2.05, 4.69) is 15.6 Å². The monoisotopic (exact) mass is 368 g/mol. The Morgan fingerprint density at radius 3 is 2.67 bits per heavy atom. The summed E-state index contributed by atoms with van der Waals surface area (Å²) in [6.45, 7) is 1.69. The number of nitrogens with zero attached hydrogens (tertiary/aromatic N) is 2. The van der Waals surface area contributed by atoms with Crippen molar-refractivity contribution in [3.63, 3.8) is 0 Å². The van der Waals surface area contributed by atoms with Crippen LogP contribution in [0, 0.1) is 17.2 Å². The van der Waals surface area contributed by atoms with Gasteiger partial charge in [-0.1, -0.05) is 0 Å². The first kappa shape index (κ1) is 17.5. The predicted octanol–water partition coefficient (Wildman–Crippen LogP) is 2.78. The number of amides is 3. The molecule has 6 nitrogen and oxygen atoms in total. The molecule has 2 fully saturated rings. The van der Waals surface area contributed by atoms with Gasteiger partial charge in [0.2, 0.25) is 5.91 Å². The Morgan fingerprint density at radius 2 is 1.93 bits per heavy atom. The fraction of sp³-hybridized carbons (Fsp3) is 0.350. The lowest BCUT2D eigenvalue weighted by Crippen LogP contribution is -2.34. The standard InChI is InChI=1S/C20H21FN4O2/c21-15-1-3-16(4-2-15)24-19(27)25-10-7-20(13-25)11-17(20)18(26)23-12-14-5-8-22-9-6-14/h1-6,8-9,17H,7,10-13H2,(H,23,26)(H,24,27)/t17-,20-/m1/s1. The molecule has 0 radical (unpaired) electrons. The predicted molar refractivity (Wildman–Crippen MR) is 98.2 cm³/mol. The highest BCUT2D eigenvalue weighted by atomic mass is 19.1. The number of hydrogen-bond donors (Lipinski definition) is 2. The van der Waals surface area contributed by atoms with Gasteiger partial charge in [0, 0.05) is 49.0 Å². The average Bonchev–Trinajstić information content (AvgIpc) is 3.22. The molecule has 0 unspecified atom stereocenters. The highest BCUT2D eigenvalue weighted by Gasteiger charge is 2.61. The lowest BCUT2D eigenvalue weighted by Gasteiger charge is -2.17. The summed E-state index contributed by atoms with van der Waals surface area (Å²) in [5.41, 5.74) is 1.48. The number of aromatic nitrogens is 1. The third-order valence-corrected chi connectivity index (χ3v) is 5.49. The second kappa shape index (κ2) is 6.98. The van der Waals surface area contributed by atoms with E-state index in [0.29, 0.717) is 25.3 Å². The Bertz CT molecular complexity index is 843. The highest BCUT2D eigenvalue weighted by Crippen LogP contribution is 2.58. The molecule has 2 aliphatic rings. The molecule has 1 aliphatic heterocycles. The second-order valence-electron chi connectivity index (χ2n) is 7.30. The van der Waals surface area contributed by atoms with Crippen molar-refractivity contribution in [2.75, 3.05) is 18.4 Å². The molecule has 4 rings (SSSR count). The smallest absolute Gasteiger partial charge is 0.321 e. The van der Waals surface area contributed by atoms with Crippen LogP contribution in [0.2, 0.25) is 0 Å². The van der Waals surface area contributed by atoms with E-state index in [9.17, 15) is 14.0 Å². The third-order valence-electron chi connectivity index (χ3n) is 5.49. The van der Waals surface area contributed by atoms with Gasteiger partial charge in [0.05, 0.1) is 0 Å². The number of carbonyl (C=O) groups is 2. The Morgan fingerprint density at radius 1 is 1.19 bits per heavy atom. The van der Waals surface area contributed by atoms with Crippen LogP contribution in [-0.2, 0) is 11.3 Å². The fourth-order valence-electron chi connectivity index (χ4n) is 3.79. The number of hydrogen-bond acceptors (Lipinski definition) is 3. The van der Waals surface area contributed by atoms with Gasteiger partial charge < -0.3 is 15.5 Å². The van der Waals surface area contributed by atoms with Crippen LogP contribution in [0.1, 0.15) is 18.4 Å². The van der Waals surface area contributed by atoms with Crippen molar-refractivity contribution in [2.24, 2.45) is 11.3 Å². The second-order valence-corrected chi connectivity index (χ2v) is 7.30. The van der Waals surface area contributed by atoms with E-state index in [1.54, 1.807) is 17.3 Å². The van der Waals surface area contributed by atoms with Crippen molar-refractivity contribution in [3.8, 4) is 0 Å². The number of likely N-dealkylation sites (tertiary alicyclic amines) is 1. The molecule has 1 aliphatic carbocycles. The van der Waals surface area contributed by atoms with Crippen LogP contribution >= 0.6 is 0 Å². The Labute approximate surface area is 156 Å². The summed E-state index contributed by atoms with van der Waals surface area (Å²) < 4.78 is 13.0. The zero-order valence-corrected chi connectivity index (χ0v) is 14.8. The lowest BCUT2D eigenvalue weighted by molar-refractivity contribution is -0.123.